The summed E-state index contributed by atoms with van der Waals surface area (Å²) in [5, 5.41) is 2.71. The van der Waals surface area contributed by atoms with Gasteiger partial charge in [-0.1, -0.05) is 30.3 Å². The van der Waals surface area contributed by atoms with E-state index in [1.165, 1.54) is 29.8 Å². The smallest absolute Gasteiger partial charge is 0.291 e. The second-order valence-corrected chi connectivity index (χ2v) is 7.26. The number of amides is 1. The zero-order valence-electron chi connectivity index (χ0n) is 16.2. The van der Waals surface area contributed by atoms with Gasteiger partial charge < -0.3 is 9.73 Å². The molecule has 150 valence electrons. The second kappa shape index (κ2) is 9.03. The molecule has 5 nitrogen and oxygen atoms in total. The lowest BCUT2D eigenvalue weighted by Crippen LogP contribution is -2.45. The van der Waals surface area contributed by atoms with Gasteiger partial charge in [0.25, 0.3) is 5.91 Å². The molecule has 1 aromatic heterocycles. The third kappa shape index (κ3) is 5.31. The molecule has 29 heavy (non-hydrogen) atoms. The molecule has 2 heterocycles. The van der Waals surface area contributed by atoms with Crippen LogP contribution in [0.1, 0.15) is 21.9 Å². The number of furan rings is 1. The SMILES string of the molecule is O=C(Nc1ccc(F)cc1)c1ccc(CN2CCN(Cc3ccccc3)CC2)o1. The molecule has 0 saturated carbocycles. The minimum atomic E-state index is -0.341. The Morgan fingerprint density at radius 2 is 1.52 bits per heavy atom. The molecule has 1 fully saturated rings. The lowest BCUT2D eigenvalue weighted by atomic mass is 10.2. The lowest BCUT2D eigenvalue weighted by molar-refractivity contribution is 0.0983. The van der Waals surface area contributed by atoms with Crippen molar-refractivity contribution in [1.82, 2.24) is 9.80 Å². The van der Waals surface area contributed by atoms with E-state index >= 15 is 0 Å². The molecule has 0 radical (unpaired) electrons. The predicted octanol–water partition coefficient (Wildman–Crippen LogP) is 3.99. The summed E-state index contributed by atoms with van der Waals surface area (Å²) in [5.41, 5.74) is 1.87. The highest BCUT2D eigenvalue weighted by Crippen LogP contribution is 2.16. The molecular weight excluding hydrogens is 369 g/mol. The molecule has 4 rings (SSSR count). The van der Waals surface area contributed by atoms with E-state index in [9.17, 15) is 9.18 Å². The Kier molecular flexibility index (Phi) is 6.03. The molecule has 1 amide bonds. The van der Waals surface area contributed by atoms with Gasteiger partial charge in [-0.15, -0.1) is 0 Å². The minimum Gasteiger partial charge on any atom is -0.455 e. The predicted molar refractivity (Wildman–Crippen MR) is 110 cm³/mol. The highest BCUT2D eigenvalue weighted by atomic mass is 19.1. The molecule has 3 aromatic rings. The molecule has 1 N–H and O–H groups in total. The number of benzene rings is 2. The summed E-state index contributed by atoms with van der Waals surface area (Å²) in [6, 6.07) is 19.7. The van der Waals surface area contributed by atoms with Crippen molar-refractivity contribution in [3.8, 4) is 0 Å². The Bertz CT molecular complexity index is 932. The van der Waals surface area contributed by atoms with Crippen LogP contribution in [0.5, 0.6) is 0 Å². The van der Waals surface area contributed by atoms with E-state index in [1.54, 1.807) is 6.07 Å². The van der Waals surface area contributed by atoms with Crippen LogP contribution in [0.3, 0.4) is 0 Å². The Labute approximate surface area is 169 Å². The summed E-state index contributed by atoms with van der Waals surface area (Å²) in [6.45, 7) is 5.60. The van der Waals surface area contributed by atoms with Gasteiger partial charge in [-0.2, -0.15) is 0 Å². The topological polar surface area (TPSA) is 48.7 Å². The summed E-state index contributed by atoms with van der Waals surface area (Å²) < 4.78 is 18.7. The summed E-state index contributed by atoms with van der Waals surface area (Å²) in [4.78, 5) is 17.1. The summed E-state index contributed by atoms with van der Waals surface area (Å²) >= 11 is 0. The molecule has 6 heteroatoms. The number of nitrogens with one attached hydrogen (secondary N) is 1. The number of piperazine rings is 1. The van der Waals surface area contributed by atoms with Gasteiger partial charge in [0.15, 0.2) is 5.76 Å². The fraction of sp³-hybridized carbons (Fsp3) is 0.261. The zero-order chi connectivity index (χ0) is 20.1. The number of carbonyl (C=O) groups excluding carboxylic acids is 1. The third-order valence-corrected chi connectivity index (χ3v) is 5.08. The number of halogens is 1. The molecule has 1 saturated heterocycles. The standard InChI is InChI=1S/C23H24FN3O2/c24-19-6-8-20(9-7-19)25-23(28)22-11-10-21(29-22)17-27-14-12-26(13-15-27)16-18-4-2-1-3-5-18/h1-11H,12-17H2,(H,25,28). The molecule has 0 spiro atoms. The maximum absolute atomic E-state index is 13.0. The molecule has 0 atom stereocenters. The zero-order valence-corrected chi connectivity index (χ0v) is 16.2. The van der Waals surface area contributed by atoms with E-state index in [4.69, 9.17) is 4.42 Å². The number of hydrogen-bond acceptors (Lipinski definition) is 4. The highest BCUT2D eigenvalue weighted by molar-refractivity contribution is 6.02. The largest absolute Gasteiger partial charge is 0.455 e. The third-order valence-electron chi connectivity index (χ3n) is 5.08. The van der Waals surface area contributed by atoms with E-state index in [0.29, 0.717) is 12.2 Å². The van der Waals surface area contributed by atoms with Gasteiger partial charge in [0.2, 0.25) is 0 Å². The van der Waals surface area contributed by atoms with Crippen molar-refractivity contribution < 1.29 is 13.6 Å². The Hall–Kier alpha value is -2.96. The van der Waals surface area contributed by atoms with Crippen molar-refractivity contribution in [3.63, 3.8) is 0 Å². The van der Waals surface area contributed by atoms with Gasteiger partial charge in [0.05, 0.1) is 6.54 Å². The van der Waals surface area contributed by atoms with Gasteiger partial charge in [-0.25, -0.2) is 4.39 Å². The summed E-state index contributed by atoms with van der Waals surface area (Å²) in [7, 11) is 0. The Balaban J connectivity index is 1.26. The average molecular weight is 393 g/mol. The van der Waals surface area contributed by atoms with Gasteiger partial charge in [-0.3, -0.25) is 14.6 Å². The number of anilines is 1. The number of rotatable bonds is 6. The Morgan fingerprint density at radius 1 is 0.862 bits per heavy atom. The van der Waals surface area contributed by atoms with Crippen LogP contribution in [-0.2, 0) is 13.1 Å². The first kappa shape index (κ1) is 19.4. The van der Waals surface area contributed by atoms with Gasteiger partial charge in [-0.05, 0) is 42.0 Å². The molecule has 0 unspecified atom stereocenters. The molecule has 0 aliphatic carbocycles. The fourth-order valence-electron chi connectivity index (χ4n) is 3.48. The van der Waals surface area contributed by atoms with Crippen molar-refractivity contribution in [2.75, 3.05) is 31.5 Å². The van der Waals surface area contributed by atoms with Crippen molar-refractivity contribution >= 4 is 11.6 Å². The summed E-state index contributed by atoms with van der Waals surface area (Å²) in [6.07, 6.45) is 0. The van der Waals surface area contributed by atoms with Crippen LogP contribution < -0.4 is 5.32 Å². The van der Waals surface area contributed by atoms with Crippen LogP contribution in [-0.4, -0.2) is 41.9 Å². The number of hydrogen-bond donors (Lipinski definition) is 1. The van der Waals surface area contributed by atoms with Gasteiger partial charge in [0.1, 0.15) is 11.6 Å². The van der Waals surface area contributed by atoms with Gasteiger partial charge >= 0.3 is 0 Å². The van der Waals surface area contributed by atoms with Crippen molar-refractivity contribution in [1.29, 1.82) is 0 Å². The van der Waals surface area contributed by atoms with Crippen molar-refractivity contribution in [2.24, 2.45) is 0 Å². The van der Waals surface area contributed by atoms with Crippen LogP contribution in [0.25, 0.3) is 0 Å². The maximum atomic E-state index is 13.0. The second-order valence-electron chi connectivity index (χ2n) is 7.26. The van der Waals surface area contributed by atoms with Crippen LogP contribution in [0.15, 0.2) is 71.1 Å². The minimum absolute atomic E-state index is 0.257. The van der Waals surface area contributed by atoms with E-state index in [-0.39, 0.29) is 17.5 Å². The number of nitrogens with zero attached hydrogens (tertiary/aromatic N) is 2. The van der Waals surface area contributed by atoms with E-state index in [0.717, 1.165) is 38.5 Å². The van der Waals surface area contributed by atoms with Crippen LogP contribution in [0, 0.1) is 5.82 Å². The quantitative estimate of drug-likeness (QED) is 0.688. The highest BCUT2D eigenvalue weighted by Gasteiger charge is 2.19. The molecule has 1 aliphatic heterocycles. The fourth-order valence-corrected chi connectivity index (χ4v) is 3.48. The van der Waals surface area contributed by atoms with E-state index in [1.807, 2.05) is 12.1 Å². The van der Waals surface area contributed by atoms with Crippen LogP contribution in [0.4, 0.5) is 10.1 Å². The van der Waals surface area contributed by atoms with Crippen molar-refractivity contribution in [3.05, 3.63) is 89.6 Å². The molecule has 1 aliphatic rings. The number of carbonyl (C=O) groups is 1. The first-order chi connectivity index (χ1) is 14.2. The Morgan fingerprint density at radius 3 is 2.21 bits per heavy atom. The average Bonchev–Trinajstić information content (AvgIpc) is 3.21. The molecular formula is C23H24FN3O2. The van der Waals surface area contributed by atoms with Crippen LogP contribution in [0.2, 0.25) is 0 Å². The van der Waals surface area contributed by atoms with E-state index < -0.39 is 0 Å². The van der Waals surface area contributed by atoms with Gasteiger partial charge in [0, 0.05) is 38.4 Å². The summed E-state index contributed by atoms with van der Waals surface area (Å²) in [5.74, 6) is 0.348. The first-order valence-corrected chi connectivity index (χ1v) is 9.80. The van der Waals surface area contributed by atoms with E-state index in [2.05, 4.69) is 39.4 Å². The normalized spacial score (nSPS) is 15.3. The maximum Gasteiger partial charge on any atom is 0.291 e. The lowest BCUT2D eigenvalue weighted by Gasteiger charge is -2.34. The monoisotopic (exact) mass is 393 g/mol. The molecule has 2 aromatic carbocycles. The van der Waals surface area contributed by atoms with Crippen LogP contribution >= 0.6 is 0 Å². The van der Waals surface area contributed by atoms with Crippen molar-refractivity contribution in [2.45, 2.75) is 13.1 Å². The molecule has 0 bridgehead atoms. The first-order valence-electron chi connectivity index (χ1n) is 9.80.